The summed E-state index contributed by atoms with van der Waals surface area (Å²) in [5, 5.41) is 0. The van der Waals surface area contributed by atoms with Gasteiger partial charge >= 0.3 is 0 Å². The number of hydrogen-bond acceptors (Lipinski definition) is 0. The van der Waals surface area contributed by atoms with E-state index < -0.39 is 0 Å². The molecule has 0 saturated heterocycles. The van der Waals surface area contributed by atoms with E-state index >= 15 is 0 Å². The minimum Gasteiger partial charge on any atom is -0.0839 e. The second kappa shape index (κ2) is 8.46. The van der Waals surface area contributed by atoms with E-state index in [9.17, 15) is 0 Å². The third-order valence-corrected chi connectivity index (χ3v) is 5.95. The van der Waals surface area contributed by atoms with Gasteiger partial charge in [-0.3, -0.25) is 0 Å². The number of alkyl halides is 1. The van der Waals surface area contributed by atoms with Crippen LogP contribution in [0, 0.1) is 20.8 Å². The first-order chi connectivity index (χ1) is 8.99. The Balaban J connectivity index is 2.67. The van der Waals surface area contributed by atoms with Crippen molar-refractivity contribution in [1.29, 1.82) is 0 Å². The smallest absolute Gasteiger partial charge is 0.0401 e. The summed E-state index contributed by atoms with van der Waals surface area (Å²) < 4.78 is 1.27. The maximum Gasteiger partial charge on any atom is 0.0401 e. The van der Waals surface area contributed by atoms with Crippen molar-refractivity contribution in [2.45, 2.75) is 71.0 Å². The van der Waals surface area contributed by atoms with Gasteiger partial charge in [0, 0.05) is 9.30 Å². The van der Waals surface area contributed by atoms with Crippen LogP contribution in [0.15, 0.2) is 10.5 Å². The van der Waals surface area contributed by atoms with Crippen molar-refractivity contribution >= 4 is 31.9 Å². The van der Waals surface area contributed by atoms with Gasteiger partial charge in [0.25, 0.3) is 0 Å². The zero-order valence-corrected chi connectivity index (χ0v) is 15.8. The van der Waals surface area contributed by atoms with Crippen LogP contribution >= 0.6 is 31.9 Å². The van der Waals surface area contributed by atoms with Gasteiger partial charge < -0.3 is 0 Å². The first-order valence-corrected chi connectivity index (χ1v) is 9.10. The van der Waals surface area contributed by atoms with E-state index in [1.807, 2.05) is 0 Å². The summed E-state index contributed by atoms with van der Waals surface area (Å²) in [5.41, 5.74) is 5.62. The molecule has 0 spiro atoms. The third-order valence-electron chi connectivity index (χ3n) is 3.81. The lowest BCUT2D eigenvalue weighted by Crippen LogP contribution is -2.00. The van der Waals surface area contributed by atoms with E-state index in [2.05, 4.69) is 65.6 Å². The molecule has 0 bridgehead atoms. The second-order valence-corrected chi connectivity index (χ2v) is 7.43. The molecular formula is C17H26Br2. The summed E-state index contributed by atoms with van der Waals surface area (Å²) >= 11 is 7.61. The van der Waals surface area contributed by atoms with Crippen molar-refractivity contribution in [3.8, 4) is 0 Å². The van der Waals surface area contributed by atoms with Crippen molar-refractivity contribution in [3.05, 3.63) is 32.8 Å². The Morgan fingerprint density at radius 2 is 1.63 bits per heavy atom. The summed E-state index contributed by atoms with van der Waals surface area (Å²) in [6.45, 7) is 8.89. The Hall–Kier alpha value is 0.180. The molecule has 0 aliphatic rings. The predicted octanol–water partition coefficient (Wildman–Crippen LogP) is 7.17. The lowest BCUT2D eigenvalue weighted by molar-refractivity contribution is 0.605. The van der Waals surface area contributed by atoms with Crippen LogP contribution in [0.3, 0.4) is 0 Å². The molecule has 2 heteroatoms. The molecule has 0 N–H and O–H groups in total. The Morgan fingerprint density at radius 1 is 1.00 bits per heavy atom. The zero-order valence-electron chi connectivity index (χ0n) is 12.7. The molecule has 1 aromatic rings. The zero-order chi connectivity index (χ0) is 14.4. The molecule has 0 aliphatic heterocycles. The highest BCUT2D eigenvalue weighted by molar-refractivity contribution is 9.10. The van der Waals surface area contributed by atoms with Crippen molar-refractivity contribution in [2.24, 2.45) is 0 Å². The molecule has 0 aliphatic carbocycles. The number of aryl methyl sites for hydroxylation is 2. The maximum absolute atomic E-state index is 3.89. The number of halogens is 2. The van der Waals surface area contributed by atoms with Gasteiger partial charge in [0.1, 0.15) is 0 Å². The molecule has 0 heterocycles. The van der Waals surface area contributed by atoms with Crippen LogP contribution in [0.4, 0.5) is 0 Å². The molecule has 0 fully saturated rings. The molecule has 0 radical (unpaired) electrons. The molecule has 1 aromatic carbocycles. The SMILES string of the molecule is CCCCCCCC(Br)c1c(C)cc(C)c(Br)c1C. The maximum atomic E-state index is 3.89. The van der Waals surface area contributed by atoms with Crippen molar-refractivity contribution in [3.63, 3.8) is 0 Å². The molecule has 0 aromatic heterocycles. The number of benzene rings is 1. The molecule has 0 saturated carbocycles. The molecule has 0 amide bonds. The van der Waals surface area contributed by atoms with Crippen LogP contribution in [-0.2, 0) is 0 Å². The van der Waals surface area contributed by atoms with E-state index in [1.54, 1.807) is 0 Å². The highest BCUT2D eigenvalue weighted by atomic mass is 79.9. The molecule has 0 nitrogen and oxygen atoms in total. The number of rotatable bonds is 7. The Bertz CT molecular complexity index is 410. The standard InChI is InChI=1S/C17H26Br2/c1-5-6-7-8-9-10-15(18)16-12(2)11-13(3)17(19)14(16)4/h11,15H,5-10H2,1-4H3. The molecule has 1 unspecified atom stereocenters. The summed E-state index contributed by atoms with van der Waals surface area (Å²) in [4.78, 5) is 0.492. The van der Waals surface area contributed by atoms with Gasteiger partial charge in [-0.05, 0) is 49.4 Å². The average molecular weight is 390 g/mol. The fourth-order valence-electron chi connectivity index (χ4n) is 2.73. The van der Waals surface area contributed by atoms with Crippen LogP contribution in [0.2, 0.25) is 0 Å². The van der Waals surface area contributed by atoms with Gasteiger partial charge in [-0.25, -0.2) is 0 Å². The lowest BCUT2D eigenvalue weighted by atomic mass is 9.95. The molecular weight excluding hydrogens is 364 g/mol. The monoisotopic (exact) mass is 388 g/mol. The predicted molar refractivity (Wildman–Crippen MR) is 93.4 cm³/mol. The molecule has 108 valence electrons. The summed E-state index contributed by atoms with van der Waals surface area (Å²) in [7, 11) is 0. The Morgan fingerprint density at radius 3 is 2.26 bits per heavy atom. The topological polar surface area (TPSA) is 0 Å². The van der Waals surface area contributed by atoms with E-state index in [-0.39, 0.29) is 0 Å². The molecule has 1 atom stereocenters. The summed E-state index contributed by atoms with van der Waals surface area (Å²) in [6, 6.07) is 2.29. The van der Waals surface area contributed by atoms with Gasteiger partial charge in [0.05, 0.1) is 0 Å². The van der Waals surface area contributed by atoms with Gasteiger partial charge in [-0.15, -0.1) is 0 Å². The van der Waals surface area contributed by atoms with Crippen molar-refractivity contribution in [1.82, 2.24) is 0 Å². The summed E-state index contributed by atoms with van der Waals surface area (Å²) in [6.07, 6.45) is 8.00. The molecule has 19 heavy (non-hydrogen) atoms. The van der Waals surface area contributed by atoms with Gasteiger partial charge in [0.2, 0.25) is 0 Å². The first kappa shape index (κ1) is 17.2. The van der Waals surface area contributed by atoms with Crippen molar-refractivity contribution < 1.29 is 0 Å². The average Bonchev–Trinajstić information content (AvgIpc) is 2.36. The van der Waals surface area contributed by atoms with Crippen LogP contribution in [0.5, 0.6) is 0 Å². The fraction of sp³-hybridized carbons (Fsp3) is 0.647. The summed E-state index contributed by atoms with van der Waals surface area (Å²) in [5.74, 6) is 0. The van der Waals surface area contributed by atoms with Crippen LogP contribution in [0.25, 0.3) is 0 Å². The second-order valence-electron chi connectivity index (χ2n) is 5.53. The van der Waals surface area contributed by atoms with Gasteiger partial charge in [-0.2, -0.15) is 0 Å². The fourth-order valence-corrected chi connectivity index (χ4v) is 4.09. The minimum absolute atomic E-state index is 0.492. The largest absolute Gasteiger partial charge is 0.0839 e. The number of unbranched alkanes of at least 4 members (excludes halogenated alkanes) is 4. The lowest BCUT2D eigenvalue weighted by Gasteiger charge is -2.19. The van der Waals surface area contributed by atoms with Crippen LogP contribution in [0.1, 0.15) is 72.5 Å². The van der Waals surface area contributed by atoms with Crippen molar-refractivity contribution in [2.75, 3.05) is 0 Å². The number of hydrogen-bond donors (Lipinski definition) is 0. The van der Waals surface area contributed by atoms with Crippen LogP contribution in [-0.4, -0.2) is 0 Å². The normalized spacial score (nSPS) is 12.7. The van der Waals surface area contributed by atoms with Gasteiger partial charge in [-0.1, -0.05) is 77.0 Å². The minimum atomic E-state index is 0.492. The van der Waals surface area contributed by atoms with Gasteiger partial charge in [0.15, 0.2) is 0 Å². The first-order valence-electron chi connectivity index (χ1n) is 7.39. The quantitative estimate of drug-likeness (QED) is 0.342. The highest BCUT2D eigenvalue weighted by Gasteiger charge is 2.16. The van der Waals surface area contributed by atoms with Crippen LogP contribution < -0.4 is 0 Å². The third kappa shape index (κ3) is 4.90. The van der Waals surface area contributed by atoms with E-state index in [0.717, 1.165) is 0 Å². The molecule has 1 rings (SSSR count). The highest BCUT2D eigenvalue weighted by Crippen LogP contribution is 2.37. The Labute approximate surface area is 135 Å². The van der Waals surface area contributed by atoms with E-state index in [4.69, 9.17) is 0 Å². The Kier molecular flexibility index (Phi) is 7.68. The van der Waals surface area contributed by atoms with E-state index in [0.29, 0.717) is 4.83 Å². The van der Waals surface area contributed by atoms with E-state index in [1.165, 1.54) is 65.3 Å².